The van der Waals surface area contributed by atoms with Crippen LogP contribution >= 0.6 is 0 Å². The molecule has 0 aromatic carbocycles. The first kappa shape index (κ1) is 8.31. The summed E-state index contributed by atoms with van der Waals surface area (Å²) >= 11 is 0. The van der Waals surface area contributed by atoms with E-state index in [0.29, 0.717) is 0 Å². The zero-order valence-corrected chi connectivity index (χ0v) is 7.21. The summed E-state index contributed by atoms with van der Waals surface area (Å²) in [7, 11) is 0. The molecule has 0 N–H and O–H groups in total. The fraction of sp³-hybridized carbons (Fsp3) is 0.667. The van der Waals surface area contributed by atoms with Crippen molar-refractivity contribution < 1.29 is 4.74 Å². The van der Waals surface area contributed by atoms with Gasteiger partial charge < -0.3 is 4.74 Å². The fourth-order valence-electron chi connectivity index (χ4n) is 1.13. The van der Waals surface area contributed by atoms with Crippen LogP contribution in [-0.2, 0) is 4.74 Å². The van der Waals surface area contributed by atoms with Gasteiger partial charge in [0.1, 0.15) is 12.4 Å². The first-order chi connectivity index (χ1) is 5.34. The lowest BCUT2D eigenvalue weighted by atomic mass is 10.1. The third kappa shape index (κ3) is 2.37. The van der Waals surface area contributed by atoms with Gasteiger partial charge in [-0.2, -0.15) is 0 Å². The topological polar surface area (TPSA) is 21.6 Å². The molecule has 0 aliphatic carbocycles. The molecule has 62 valence electrons. The van der Waals surface area contributed by atoms with Gasteiger partial charge in [-0.3, -0.25) is 4.99 Å². The van der Waals surface area contributed by atoms with Crippen molar-refractivity contribution in [1.29, 1.82) is 0 Å². The molecular formula is C9H15NO. The Balaban J connectivity index is 2.35. The molecule has 0 saturated carbocycles. The number of hydrogen-bond acceptors (Lipinski definition) is 2. The van der Waals surface area contributed by atoms with E-state index in [9.17, 15) is 0 Å². The van der Waals surface area contributed by atoms with E-state index in [2.05, 4.69) is 11.9 Å². The fourth-order valence-corrected chi connectivity index (χ4v) is 1.13. The van der Waals surface area contributed by atoms with E-state index in [4.69, 9.17) is 4.74 Å². The van der Waals surface area contributed by atoms with Crippen molar-refractivity contribution in [3.05, 3.63) is 12.5 Å². The van der Waals surface area contributed by atoms with Gasteiger partial charge in [0.2, 0.25) is 0 Å². The van der Waals surface area contributed by atoms with Gasteiger partial charge in [0, 0.05) is 0 Å². The summed E-state index contributed by atoms with van der Waals surface area (Å²) in [6.07, 6.45) is 7.14. The second kappa shape index (κ2) is 4.16. The summed E-state index contributed by atoms with van der Waals surface area (Å²) in [5.41, 5.74) is 1.10. The first-order valence-electron chi connectivity index (χ1n) is 4.19. The van der Waals surface area contributed by atoms with Crippen molar-refractivity contribution in [1.82, 2.24) is 0 Å². The van der Waals surface area contributed by atoms with Gasteiger partial charge >= 0.3 is 0 Å². The van der Waals surface area contributed by atoms with Crippen molar-refractivity contribution in [3.8, 4) is 0 Å². The maximum Gasteiger partial charge on any atom is 0.136 e. The number of ether oxygens (including phenoxy) is 1. The van der Waals surface area contributed by atoms with E-state index in [1.54, 1.807) is 12.5 Å². The summed E-state index contributed by atoms with van der Waals surface area (Å²) < 4.78 is 5.38. The second-order valence-electron chi connectivity index (χ2n) is 2.82. The molecule has 0 aromatic heterocycles. The molecule has 1 heterocycles. The van der Waals surface area contributed by atoms with Crippen molar-refractivity contribution in [2.24, 2.45) is 4.99 Å². The minimum absolute atomic E-state index is 0.236. The molecule has 1 aliphatic heterocycles. The average Bonchev–Trinajstić information content (AvgIpc) is 2.03. The Labute approximate surface area is 68.0 Å². The highest BCUT2D eigenvalue weighted by Gasteiger charge is 2.12. The van der Waals surface area contributed by atoms with E-state index in [1.165, 1.54) is 12.8 Å². The van der Waals surface area contributed by atoms with Gasteiger partial charge in [-0.15, -0.1) is 0 Å². The lowest BCUT2D eigenvalue weighted by Crippen LogP contribution is -2.21. The largest absolute Gasteiger partial charge is 0.490 e. The predicted molar refractivity (Wildman–Crippen MR) is 46.6 cm³/mol. The molecule has 0 bridgehead atoms. The number of aliphatic imine (C=N–C) groups is 1. The Morgan fingerprint density at radius 3 is 3.09 bits per heavy atom. The second-order valence-corrected chi connectivity index (χ2v) is 2.82. The van der Waals surface area contributed by atoms with Gasteiger partial charge in [0.05, 0.1) is 11.9 Å². The van der Waals surface area contributed by atoms with Gasteiger partial charge in [-0.25, -0.2) is 0 Å². The quantitative estimate of drug-likeness (QED) is 0.610. The van der Waals surface area contributed by atoms with Crippen molar-refractivity contribution in [2.45, 2.75) is 39.2 Å². The number of unbranched alkanes of at least 4 members (excludes halogenated alkanes) is 1. The Hall–Kier alpha value is -0.790. The summed E-state index contributed by atoms with van der Waals surface area (Å²) in [5.74, 6) is 0. The van der Waals surface area contributed by atoms with Crippen LogP contribution in [0.2, 0.25) is 0 Å². The van der Waals surface area contributed by atoms with Crippen LogP contribution < -0.4 is 0 Å². The highest BCUT2D eigenvalue weighted by molar-refractivity contribution is 5.87. The summed E-state index contributed by atoms with van der Waals surface area (Å²) in [6.45, 7) is 4.20. The highest BCUT2D eigenvalue weighted by Crippen LogP contribution is 2.10. The minimum atomic E-state index is 0.236. The highest BCUT2D eigenvalue weighted by atomic mass is 16.5. The molecule has 0 spiro atoms. The van der Waals surface area contributed by atoms with Crippen molar-refractivity contribution in [2.75, 3.05) is 0 Å². The van der Waals surface area contributed by atoms with Crippen LogP contribution in [0, 0.1) is 0 Å². The molecule has 11 heavy (non-hydrogen) atoms. The monoisotopic (exact) mass is 153 g/mol. The van der Waals surface area contributed by atoms with E-state index >= 15 is 0 Å². The van der Waals surface area contributed by atoms with E-state index in [1.807, 2.05) is 6.92 Å². The van der Waals surface area contributed by atoms with Crippen LogP contribution in [-0.4, -0.2) is 11.8 Å². The standard InChI is InChI=1S/C9H15NO/c1-3-4-5-9-8(2)10-6-7-11-9/h6-7,9H,3-5H2,1-2H3. The molecule has 0 radical (unpaired) electrons. The third-order valence-corrected chi connectivity index (χ3v) is 1.87. The summed E-state index contributed by atoms with van der Waals surface area (Å²) in [6, 6.07) is 0. The Morgan fingerprint density at radius 1 is 1.64 bits per heavy atom. The molecule has 1 unspecified atom stereocenters. The predicted octanol–water partition coefficient (Wildman–Crippen LogP) is 2.51. The SMILES string of the molecule is CCCCC1OC=CN=C1C. The Morgan fingerprint density at radius 2 is 2.45 bits per heavy atom. The van der Waals surface area contributed by atoms with Crippen molar-refractivity contribution in [3.63, 3.8) is 0 Å². The van der Waals surface area contributed by atoms with Gasteiger partial charge in [0.15, 0.2) is 0 Å². The zero-order chi connectivity index (χ0) is 8.10. The van der Waals surface area contributed by atoms with Gasteiger partial charge in [0.25, 0.3) is 0 Å². The third-order valence-electron chi connectivity index (χ3n) is 1.87. The summed E-state index contributed by atoms with van der Waals surface area (Å²) in [5, 5.41) is 0. The van der Waals surface area contributed by atoms with Crippen LogP contribution in [0.3, 0.4) is 0 Å². The lowest BCUT2D eigenvalue weighted by molar-refractivity contribution is 0.186. The Kier molecular flexibility index (Phi) is 3.14. The number of hydrogen-bond donors (Lipinski definition) is 0. The van der Waals surface area contributed by atoms with Crippen LogP contribution in [0.5, 0.6) is 0 Å². The first-order valence-corrected chi connectivity index (χ1v) is 4.19. The van der Waals surface area contributed by atoms with E-state index in [0.717, 1.165) is 12.1 Å². The maximum absolute atomic E-state index is 5.38. The molecule has 1 atom stereocenters. The minimum Gasteiger partial charge on any atom is -0.490 e. The van der Waals surface area contributed by atoms with E-state index in [-0.39, 0.29) is 6.10 Å². The van der Waals surface area contributed by atoms with Crippen molar-refractivity contribution >= 4 is 5.71 Å². The number of nitrogens with zero attached hydrogens (tertiary/aromatic N) is 1. The van der Waals surface area contributed by atoms with Crippen LogP contribution in [0.25, 0.3) is 0 Å². The van der Waals surface area contributed by atoms with E-state index < -0.39 is 0 Å². The number of rotatable bonds is 3. The van der Waals surface area contributed by atoms with Gasteiger partial charge in [-0.05, 0) is 19.8 Å². The van der Waals surface area contributed by atoms with Gasteiger partial charge in [-0.1, -0.05) is 13.3 Å². The molecule has 2 nitrogen and oxygen atoms in total. The zero-order valence-electron chi connectivity index (χ0n) is 7.21. The molecule has 0 aromatic rings. The van der Waals surface area contributed by atoms with Crippen LogP contribution in [0.1, 0.15) is 33.1 Å². The summed E-state index contributed by atoms with van der Waals surface area (Å²) in [4.78, 5) is 4.18. The molecule has 0 amide bonds. The molecule has 0 saturated heterocycles. The molecule has 1 rings (SSSR count). The molecular weight excluding hydrogens is 138 g/mol. The lowest BCUT2D eigenvalue weighted by Gasteiger charge is -2.18. The maximum atomic E-state index is 5.38. The molecule has 2 heteroatoms. The average molecular weight is 153 g/mol. The smallest absolute Gasteiger partial charge is 0.136 e. The Bertz CT molecular complexity index is 172. The van der Waals surface area contributed by atoms with Crippen LogP contribution in [0.15, 0.2) is 17.5 Å². The molecule has 1 aliphatic rings. The van der Waals surface area contributed by atoms with Crippen LogP contribution in [0.4, 0.5) is 0 Å². The normalized spacial score (nSPS) is 22.7. The molecule has 0 fully saturated rings.